The lowest BCUT2D eigenvalue weighted by Crippen LogP contribution is -2.49. The van der Waals surface area contributed by atoms with Crippen LogP contribution >= 0.6 is 0 Å². The highest BCUT2D eigenvalue weighted by Gasteiger charge is 2.53. The Morgan fingerprint density at radius 2 is 1.63 bits per heavy atom. The molecule has 3 aromatic carbocycles. The van der Waals surface area contributed by atoms with Crippen molar-refractivity contribution in [3.8, 4) is 22.8 Å². The van der Waals surface area contributed by atoms with Crippen molar-refractivity contribution < 1.29 is 37.7 Å². The number of aromatic nitrogens is 3. The average molecular weight is 848 g/mol. The molecule has 5 aromatic rings. The molecular formula is C46H47F2N7O7. The third-order valence-electron chi connectivity index (χ3n) is 11.8. The van der Waals surface area contributed by atoms with Crippen LogP contribution in [-0.2, 0) is 21.5 Å². The smallest absolute Gasteiger partial charge is 0.395 e. The van der Waals surface area contributed by atoms with E-state index in [-0.39, 0.29) is 60.3 Å². The van der Waals surface area contributed by atoms with Crippen molar-refractivity contribution in [3.05, 3.63) is 130 Å². The van der Waals surface area contributed by atoms with Crippen LogP contribution in [0, 0.1) is 6.92 Å². The summed E-state index contributed by atoms with van der Waals surface area (Å²) >= 11 is 0. The van der Waals surface area contributed by atoms with Gasteiger partial charge in [-0.05, 0) is 85.5 Å². The van der Waals surface area contributed by atoms with Crippen molar-refractivity contribution in [1.82, 2.24) is 24.8 Å². The molecule has 0 bridgehead atoms. The largest absolute Gasteiger partial charge is 0.586 e. The molecule has 1 atom stereocenters. The molecule has 1 saturated heterocycles. The van der Waals surface area contributed by atoms with Gasteiger partial charge in [0.15, 0.2) is 11.5 Å². The summed E-state index contributed by atoms with van der Waals surface area (Å²) in [5.74, 6) is -0.116. The number of carbonyl (C=O) groups is 3. The van der Waals surface area contributed by atoms with Crippen LogP contribution in [0.25, 0.3) is 11.3 Å². The molecule has 8 rings (SSSR count). The second-order valence-corrected chi connectivity index (χ2v) is 16.4. The number of likely N-dealkylation sites (tertiary alicyclic amines) is 1. The number of piperidine rings is 1. The number of fused-ring (bicyclic) bond motifs is 1. The number of nitrogens with zero attached hydrogens (tertiary/aromatic N) is 4. The van der Waals surface area contributed by atoms with Gasteiger partial charge in [0.25, 0.3) is 11.5 Å². The zero-order valence-electron chi connectivity index (χ0n) is 34.3. The van der Waals surface area contributed by atoms with E-state index < -0.39 is 17.3 Å². The van der Waals surface area contributed by atoms with Crippen LogP contribution in [0.15, 0.2) is 102 Å². The van der Waals surface area contributed by atoms with Gasteiger partial charge in [0.1, 0.15) is 11.6 Å². The van der Waals surface area contributed by atoms with E-state index in [0.717, 1.165) is 11.1 Å². The molecule has 0 spiro atoms. The number of benzene rings is 3. The lowest BCUT2D eigenvalue weighted by molar-refractivity contribution is -0.286. The highest BCUT2D eigenvalue weighted by molar-refractivity contribution is 6.01. The molecule has 4 N–H and O–H groups in total. The molecule has 14 nitrogen and oxygen atoms in total. The lowest BCUT2D eigenvalue weighted by Gasteiger charge is -2.38. The molecule has 16 heteroatoms. The van der Waals surface area contributed by atoms with E-state index in [0.29, 0.717) is 79.2 Å². The first-order chi connectivity index (χ1) is 29.7. The second-order valence-electron chi connectivity index (χ2n) is 16.4. The summed E-state index contributed by atoms with van der Waals surface area (Å²) in [5, 5.41) is 20.1. The first-order valence-corrected chi connectivity index (χ1v) is 20.6. The molecule has 3 aliphatic rings. The van der Waals surface area contributed by atoms with Gasteiger partial charge in [-0.25, -0.2) is 9.97 Å². The number of rotatable bonds is 14. The highest BCUT2D eigenvalue weighted by atomic mass is 19.3. The number of ether oxygens (including phenoxy) is 2. The van der Waals surface area contributed by atoms with E-state index >= 15 is 0 Å². The molecule has 4 heterocycles. The fraction of sp³-hybridized carbons (Fsp3) is 0.348. The Hall–Kier alpha value is -6.68. The Kier molecular flexibility index (Phi) is 11.5. The monoisotopic (exact) mass is 847 g/mol. The van der Waals surface area contributed by atoms with Crippen LogP contribution in [-0.4, -0.2) is 80.3 Å². The van der Waals surface area contributed by atoms with Gasteiger partial charge in [0.2, 0.25) is 11.8 Å². The number of amides is 3. The number of nitrogens with one attached hydrogen (secondary N) is 3. The second kappa shape index (κ2) is 17.0. The molecule has 2 aliphatic heterocycles. The normalized spacial score (nSPS) is 17.1. The molecule has 322 valence electrons. The Morgan fingerprint density at radius 1 is 0.871 bits per heavy atom. The quantitative estimate of drug-likeness (QED) is 0.0971. The van der Waals surface area contributed by atoms with Crippen molar-refractivity contribution in [2.45, 2.75) is 75.7 Å². The van der Waals surface area contributed by atoms with Gasteiger partial charge in [0, 0.05) is 49.8 Å². The SMILES string of the molecule is Cc1ccc(NC(=O)C2(c3ccc4c(c3)OC(F)(F)O4)CC2)nc1-c1cccc(C(=O)NCCNc2cc(=O)n(CC3(O)CCN(C(=O)C[C@@H](C)c4ccccc4)CC3)cn2)c1. The molecular weight excluding hydrogens is 801 g/mol. The number of aliphatic hydroxyl groups is 1. The molecule has 1 aliphatic carbocycles. The lowest BCUT2D eigenvalue weighted by atomic mass is 9.90. The van der Waals surface area contributed by atoms with E-state index in [9.17, 15) is 33.1 Å². The van der Waals surface area contributed by atoms with E-state index in [1.54, 1.807) is 35.2 Å². The predicted molar refractivity (Wildman–Crippen MR) is 226 cm³/mol. The average Bonchev–Trinajstić information content (AvgIpc) is 4.01. The maximum atomic E-state index is 13.6. The molecule has 2 fully saturated rings. The number of hydrogen-bond acceptors (Lipinski definition) is 10. The van der Waals surface area contributed by atoms with Crippen LogP contribution in [0.4, 0.5) is 20.4 Å². The van der Waals surface area contributed by atoms with Crippen LogP contribution in [0.5, 0.6) is 11.5 Å². The van der Waals surface area contributed by atoms with Gasteiger partial charge >= 0.3 is 6.29 Å². The van der Waals surface area contributed by atoms with Crippen molar-refractivity contribution in [2.75, 3.05) is 36.8 Å². The topological polar surface area (TPSA) is 177 Å². The van der Waals surface area contributed by atoms with Crippen LogP contribution in [0.2, 0.25) is 0 Å². The fourth-order valence-corrected chi connectivity index (χ4v) is 8.00. The van der Waals surface area contributed by atoms with Crippen molar-refractivity contribution in [1.29, 1.82) is 0 Å². The summed E-state index contributed by atoms with van der Waals surface area (Å²) in [7, 11) is 0. The van der Waals surface area contributed by atoms with Crippen molar-refractivity contribution in [2.24, 2.45) is 0 Å². The molecule has 0 unspecified atom stereocenters. The molecule has 0 radical (unpaired) electrons. The van der Waals surface area contributed by atoms with Crippen molar-refractivity contribution in [3.63, 3.8) is 0 Å². The number of hydrogen-bond donors (Lipinski definition) is 4. The summed E-state index contributed by atoms with van der Waals surface area (Å²) in [4.78, 5) is 63.5. The number of halogens is 2. The van der Waals surface area contributed by atoms with Crippen molar-refractivity contribution >= 4 is 29.4 Å². The summed E-state index contributed by atoms with van der Waals surface area (Å²) in [6.45, 7) is 5.26. The number of pyridine rings is 1. The summed E-state index contributed by atoms with van der Waals surface area (Å²) in [5.41, 5.74) is 1.66. The minimum Gasteiger partial charge on any atom is -0.395 e. The van der Waals surface area contributed by atoms with E-state index in [2.05, 4.69) is 30.4 Å². The van der Waals surface area contributed by atoms with Gasteiger partial charge in [0.05, 0.1) is 29.6 Å². The number of carbonyl (C=O) groups excluding carboxylic acids is 3. The van der Waals surface area contributed by atoms with Crippen LogP contribution < -0.4 is 31.0 Å². The molecule has 1 saturated carbocycles. The van der Waals surface area contributed by atoms with E-state index in [1.165, 1.54) is 29.1 Å². The number of alkyl halides is 2. The number of anilines is 2. The van der Waals surface area contributed by atoms with E-state index in [1.807, 2.05) is 56.3 Å². The van der Waals surface area contributed by atoms with Gasteiger partial charge in [-0.1, -0.05) is 61.5 Å². The van der Waals surface area contributed by atoms with Gasteiger partial charge in [-0.3, -0.25) is 23.7 Å². The standard InChI is InChI=1S/C46H47F2N7O7/c1-29-11-14-37(53-43(59)45(15-16-45)34-12-13-35-36(25-34)62-46(47,48)61-35)52-41(29)32-9-6-10-33(24-32)42(58)50-20-19-49-38-26-40(57)55(28-51-38)27-44(60)17-21-54(22-18-44)39(56)23-30(2)31-7-4-3-5-8-31/h3-14,24-26,28,30,49,60H,15-23,27H2,1-2H3,(H,50,58)(H,52,53,59)/t30-/m1/s1. The minimum atomic E-state index is -3.76. The summed E-state index contributed by atoms with van der Waals surface area (Å²) in [6.07, 6.45) is -0.252. The third kappa shape index (κ3) is 9.29. The van der Waals surface area contributed by atoms with Gasteiger partial charge in [-0.15, -0.1) is 8.78 Å². The summed E-state index contributed by atoms with van der Waals surface area (Å²) in [6, 6.07) is 26.1. The Morgan fingerprint density at radius 3 is 2.37 bits per heavy atom. The Labute approximate surface area is 356 Å². The fourth-order valence-electron chi connectivity index (χ4n) is 8.00. The minimum absolute atomic E-state index is 0.0474. The highest BCUT2D eigenvalue weighted by Crippen LogP contribution is 2.52. The van der Waals surface area contributed by atoms with Crippen LogP contribution in [0.1, 0.15) is 72.0 Å². The first kappa shape index (κ1) is 42.0. The maximum absolute atomic E-state index is 13.6. The zero-order valence-corrected chi connectivity index (χ0v) is 34.3. The molecule has 3 amide bonds. The van der Waals surface area contributed by atoms with E-state index in [4.69, 9.17) is 4.98 Å². The number of aryl methyl sites for hydroxylation is 1. The van der Waals surface area contributed by atoms with Gasteiger partial charge in [-0.2, -0.15) is 0 Å². The van der Waals surface area contributed by atoms with Gasteiger partial charge < -0.3 is 35.4 Å². The molecule has 2 aromatic heterocycles. The zero-order chi connectivity index (χ0) is 43.6. The predicted octanol–water partition coefficient (Wildman–Crippen LogP) is 5.99. The maximum Gasteiger partial charge on any atom is 0.586 e. The Balaban J connectivity index is 0.808. The van der Waals surface area contributed by atoms with Crippen LogP contribution in [0.3, 0.4) is 0 Å². The first-order valence-electron chi connectivity index (χ1n) is 20.6. The third-order valence-corrected chi connectivity index (χ3v) is 11.8. The Bertz CT molecular complexity index is 2560. The summed E-state index contributed by atoms with van der Waals surface area (Å²) < 4.78 is 37.7. The molecule has 62 heavy (non-hydrogen) atoms.